The van der Waals surface area contributed by atoms with E-state index >= 15 is 0 Å². The normalized spacial score (nSPS) is 12.2. The molecule has 92 valence electrons. The number of carbonyl (C=O) groups excluding carboxylic acids is 1. The van der Waals surface area contributed by atoms with Gasteiger partial charge in [-0.25, -0.2) is 0 Å². The largest absolute Gasteiger partial charge is 0.295 e. The van der Waals surface area contributed by atoms with Crippen LogP contribution in [-0.2, 0) is 4.79 Å². The average Bonchev–Trinajstić information content (AvgIpc) is 2.11. The Hall–Kier alpha value is -0.850. The minimum atomic E-state index is 0.0733. The lowest BCUT2D eigenvalue weighted by molar-refractivity contribution is -0.115. The van der Waals surface area contributed by atoms with E-state index < -0.39 is 0 Å². The highest BCUT2D eigenvalue weighted by atomic mass is 16.1. The summed E-state index contributed by atoms with van der Waals surface area (Å²) in [6.45, 7) is 12.7. The zero-order valence-electron chi connectivity index (χ0n) is 11.6. The molecule has 0 amide bonds. The topological polar surface area (TPSA) is 17.1 Å². The maximum Gasteiger partial charge on any atom is 0.155 e. The zero-order chi connectivity index (χ0) is 12.8. The Bertz CT molecular complexity index is 276. The molecular weight excluding hydrogens is 196 g/mol. The van der Waals surface area contributed by atoms with Crippen molar-refractivity contribution in [3.05, 3.63) is 23.8 Å². The predicted molar refractivity (Wildman–Crippen MR) is 71.4 cm³/mol. The van der Waals surface area contributed by atoms with E-state index in [0.717, 1.165) is 6.42 Å². The van der Waals surface area contributed by atoms with Crippen LogP contribution < -0.4 is 0 Å². The highest BCUT2D eigenvalue weighted by molar-refractivity contribution is 5.89. The van der Waals surface area contributed by atoms with Crippen molar-refractivity contribution in [1.29, 1.82) is 0 Å². The molecule has 0 fully saturated rings. The van der Waals surface area contributed by atoms with Crippen molar-refractivity contribution < 1.29 is 4.79 Å². The lowest BCUT2D eigenvalue weighted by Crippen LogP contribution is -2.07. The van der Waals surface area contributed by atoms with Gasteiger partial charge in [-0.05, 0) is 37.7 Å². The van der Waals surface area contributed by atoms with Crippen LogP contribution in [0.4, 0.5) is 0 Å². The van der Waals surface area contributed by atoms with Crippen molar-refractivity contribution in [2.24, 2.45) is 11.3 Å². The van der Waals surface area contributed by atoms with Crippen LogP contribution in [0.2, 0.25) is 0 Å². The number of ketones is 1. The van der Waals surface area contributed by atoms with E-state index in [1.54, 1.807) is 6.08 Å². The van der Waals surface area contributed by atoms with Gasteiger partial charge in [-0.15, -0.1) is 0 Å². The van der Waals surface area contributed by atoms with Gasteiger partial charge in [-0.3, -0.25) is 4.79 Å². The average molecular weight is 222 g/mol. The molecule has 1 heteroatoms. The number of rotatable bonds is 6. The molecule has 0 saturated heterocycles. The van der Waals surface area contributed by atoms with Crippen LogP contribution in [0, 0.1) is 11.3 Å². The molecule has 1 nitrogen and oxygen atoms in total. The van der Waals surface area contributed by atoms with Crippen molar-refractivity contribution in [3.8, 4) is 0 Å². The van der Waals surface area contributed by atoms with E-state index in [-0.39, 0.29) is 11.2 Å². The molecule has 0 heterocycles. The van der Waals surface area contributed by atoms with Gasteiger partial charge >= 0.3 is 0 Å². The van der Waals surface area contributed by atoms with Crippen LogP contribution in [0.1, 0.15) is 54.4 Å². The molecule has 0 spiro atoms. The van der Waals surface area contributed by atoms with Crippen molar-refractivity contribution >= 4 is 5.78 Å². The summed E-state index contributed by atoms with van der Waals surface area (Å²) in [6.07, 6.45) is 7.64. The second-order valence-corrected chi connectivity index (χ2v) is 5.87. The molecule has 0 saturated carbocycles. The first-order valence-corrected chi connectivity index (χ1v) is 6.08. The fraction of sp³-hybridized carbons (Fsp3) is 0.667. The summed E-state index contributed by atoms with van der Waals surface area (Å²) in [5, 5.41) is 0. The van der Waals surface area contributed by atoms with Gasteiger partial charge in [0.05, 0.1) is 0 Å². The third-order valence-corrected chi connectivity index (χ3v) is 2.37. The Morgan fingerprint density at radius 1 is 1.25 bits per heavy atom. The van der Waals surface area contributed by atoms with Gasteiger partial charge in [-0.1, -0.05) is 45.4 Å². The quantitative estimate of drug-likeness (QED) is 0.476. The monoisotopic (exact) mass is 222 g/mol. The molecule has 0 aliphatic heterocycles. The molecule has 0 N–H and O–H groups in total. The zero-order valence-corrected chi connectivity index (χ0v) is 11.6. The molecule has 0 aromatic heterocycles. The van der Waals surface area contributed by atoms with E-state index in [9.17, 15) is 4.79 Å². The Morgan fingerprint density at radius 2 is 1.81 bits per heavy atom. The van der Waals surface area contributed by atoms with Crippen LogP contribution in [0.25, 0.3) is 0 Å². The molecular formula is C15H26O. The number of carbonyl (C=O) groups is 1. The summed E-state index contributed by atoms with van der Waals surface area (Å²) < 4.78 is 0. The fourth-order valence-electron chi connectivity index (χ4n) is 1.32. The third kappa shape index (κ3) is 8.46. The molecule has 0 unspecified atom stereocenters. The van der Waals surface area contributed by atoms with Crippen molar-refractivity contribution in [2.45, 2.75) is 54.4 Å². The van der Waals surface area contributed by atoms with E-state index in [2.05, 4.69) is 47.6 Å². The number of allylic oxidation sites excluding steroid dienone is 4. The maximum atomic E-state index is 11.5. The van der Waals surface area contributed by atoms with Gasteiger partial charge in [0.15, 0.2) is 5.78 Å². The van der Waals surface area contributed by atoms with E-state index in [1.165, 1.54) is 5.57 Å². The van der Waals surface area contributed by atoms with Crippen molar-refractivity contribution in [1.82, 2.24) is 0 Å². The highest BCUT2D eigenvalue weighted by Crippen LogP contribution is 2.23. The van der Waals surface area contributed by atoms with Crippen molar-refractivity contribution in [2.75, 3.05) is 0 Å². The van der Waals surface area contributed by atoms with Crippen LogP contribution in [-0.4, -0.2) is 5.78 Å². The minimum Gasteiger partial charge on any atom is -0.295 e. The molecule has 0 aliphatic carbocycles. The lowest BCUT2D eigenvalue weighted by Gasteiger charge is -2.18. The van der Waals surface area contributed by atoms with Gasteiger partial charge in [-0.2, -0.15) is 0 Å². The Kier molecular flexibility index (Phi) is 6.32. The van der Waals surface area contributed by atoms with Crippen LogP contribution in [0.3, 0.4) is 0 Å². The van der Waals surface area contributed by atoms with Crippen molar-refractivity contribution in [3.63, 3.8) is 0 Å². The maximum absolute atomic E-state index is 11.5. The van der Waals surface area contributed by atoms with Gasteiger partial charge in [0.25, 0.3) is 0 Å². The Morgan fingerprint density at radius 3 is 2.25 bits per heavy atom. The van der Waals surface area contributed by atoms with E-state index in [4.69, 9.17) is 0 Å². The minimum absolute atomic E-state index is 0.0733. The molecule has 0 radical (unpaired) electrons. The van der Waals surface area contributed by atoms with E-state index in [1.807, 2.05) is 6.08 Å². The number of hydrogen-bond acceptors (Lipinski definition) is 1. The first-order valence-electron chi connectivity index (χ1n) is 6.08. The number of hydrogen-bond donors (Lipinski definition) is 0. The Balaban J connectivity index is 4.29. The smallest absolute Gasteiger partial charge is 0.155 e. The summed E-state index contributed by atoms with van der Waals surface area (Å²) in [7, 11) is 0. The molecule has 0 rings (SSSR count). The second kappa shape index (κ2) is 6.67. The highest BCUT2D eigenvalue weighted by Gasteiger charge is 2.12. The molecule has 0 bridgehead atoms. The third-order valence-electron chi connectivity index (χ3n) is 2.37. The van der Waals surface area contributed by atoms with E-state index in [0.29, 0.717) is 12.3 Å². The summed E-state index contributed by atoms with van der Waals surface area (Å²) in [5.74, 6) is 0.679. The van der Waals surface area contributed by atoms with Crippen LogP contribution >= 0.6 is 0 Å². The fourth-order valence-corrected chi connectivity index (χ4v) is 1.32. The van der Waals surface area contributed by atoms with Crippen LogP contribution in [0.5, 0.6) is 0 Å². The molecule has 0 aromatic rings. The first kappa shape index (κ1) is 15.2. The van der Waals surface area contributed by atoms with Gasteiger partial charge in [0.1, 0.15) is 0 Å². The van der Waals surface area contributed by atoms with Gasteiger partial charge in [0.2, 0.25) is 0 Å². The summed E-state index contributed by atoms with van der Waals surface area (Å²) in [5.41, 5.74) is 1.40. The first-order chi connectivity index (χ1) is 7.23. The Labute approximate surface area is 101 Å². The second-order valence-electron chi connectivity index (χ2n) is 5.87. The van der Waals surface area contributed by atoms with Gasteiger partial charge in [0, 0.05) is 6.42 Å². The standard InChI is InChI=1S/C15H26O/c1-12(2)7-9-15(5,6)10-8-14(16)11-13(3)4/h7-8,10,13H,9,11H2,1-6H3/b10-8+. The predicted octanol–water partition coefficient (Wildman–Crippen LogP) is 4.54. The summed E-state index contributed by atoms with van der Waals surface area (Å²) in [6, 6.07) is 0. The summed E-state index contributed by atoms with van der Waals surface area (Å²) >= 11 is 0. The molecule has 0 aromatic carbocycles. The molecule has 0 aliphatic rings. The summed E-state index contributed by atoms with van der Waals surface area (Å²) in [4.78, 5) is 11.5. The van der Waals surface area contributed by atoms with Gasteiger partial charge < -0.3 is 0 Å². The lowest BCUT2D eigenvalue weighted by atomic mass is 9.87. The SMILES string of the molecule is CC(C)=CCC(C)(C)/C=C/C(=O)CC(C)C. The molecule has 16 heavy (non-hydrogen) atoms. The molecule has 0 atom stereocenters. The van der Waals surface area contributed by atoms with Crippen LogP contribution in [0.15, 0.2) is 23.8 Å².